The molecule has 0 aromatic carbocycles. The van der Waals surface area contributed by atoms with Crippen molar-refractivity contribution in [3.63, 3.8) is 0 Å². The molecule has 0 radical (unpaired) electrons. The zero-order valence-electron chi connectivity index (χ0n) is 7.55. The van der Waals surface area contributed by atoms with E-state index in [1.54, 1.807) is 0 Å². The Balaban J connectivity index is 3.57. The minimum Gasteiger partial charge on any atom is -0.303 e. The van der Waals surface area contributed by atoms with E-state index in [0.29, 0.717) is 5.92 Å². The molecule has 1 unspecified atom stereocenters. The highest BCUT2D eigenvalue weighted by atomic mass is 16.1. The normalized spacial score (nSPS) is 13.0. The largest absolute Gasteiger partial charge is 0.303 e. The van der Waals surface area contributed by atoms with Gasteiger partial charge in [0.15, 0.2) is 0 Å². The lowest BCUT2D eigenvalue weighted by atomic mass is 9.94. The van der Waals surface area contributed by atoms with Gasteiger partial charge >= 0.3 is 0 Å². The van der Waals surface area contributed by atoms with Crippen LogP contribution in [0, 0.1) is 11.8 Å². The fraction of sp³-hybridized carbons (Fsp3) is 0.700. The maximum atomic E-state index is 10.5. The fourth-order valence-corrected chi connectivity index (χ4v) is 1.18. The van der Waals surface area contributed by atoms with E-state index >= 15 is 0 Å². The smallest absolute Gasteiger partial charge is 0.123 e. The average Bonchev–Trinajstić information content (AvgIpc) is 1.97. The molecule has 0 spiro atoms. The lowest BCUT2D eigenvalue weighted by Crippen LogP contribution is -2.05. The van der Waals surface area contributed by atoms with Gasteiger partial charge in [0.05, 0.1) is 0 Å². The molecule has 1 heteroatoms. The summed E-state index contributed by atoms with van der Waals surface area (Å²) < 4.78 is 0. The van der Waals surface area contributed by atoms with Crippen LogP contribution in [0.1, 0.15) is 33.1 Å². The molecule has 0 aromatic heterocycles. The Bertz CT molecular complexity index is 116. The Morgan fingerprint density at radius 2 is 2.09 bits per heavy atom. The molecule has 0 N–H and O–H groups in total. The molecule has 0 rings (SSSR count). The SMILES string of the molecule is C=CCCC(C=O)CC(C)C. The molecule has 0 saturated carbocycles. The van der Waals surface area contributed by atoms with Crippen LogP contribution in [-0.2, 0) is 4.79 Å². The highest BCUT2D eigenvalue weighted by molar-refractivity contribution is 5.53. The molecule has 1 nitrogen and oxygen atoms in total. The van der Waals surface area contributed by atoms with E-state index in [1.165, 1.54) is 0 Å². The van der Waals surface area contributed by atoms with Crippen LogP contribution < -0.4 is 0 Å². The van der Waals surface area contributed by atoms with Crippen molar-refractivity contribution in [1.29, 1.82) is 0 Å². The summed E-state index contributed by atoms with van der Waals surface area (Å²) in [5.74, 6) is 0.864. The molecule has 0 bridgehead atoms. The number of allylic oxidation sites excluding steroid dienone is 1. The van der Waals surface area contributed by atoms with E-state index < -0.39 is 0 Å². The van der Waals surface area contributed by atoms with Crippen LogP contribution in [0.25, 0.3) is 0 Å². The predicted molar refractivity (Wildman–Crippen MR) is 48.4 cm³/mol. The highest BCUT2D eigenvalue weighted by Gasteiger charge is 2.07. The second kappa shape index (κ2) is 6.14. The number of carbonyl (C=O) groups excluding carboxylic acids is 1. The number of carbonyl (C=O) groups is 1. The lowest BCUT2D eigenvalue weighted by Gasteiger charge is -2.10. The highest BCUT2D eigenvalue weighted by Crippen LogP contribution is 2.14. The molecule has 0 amide bonds. The van der Waals surface area contributed by atoms with Gasteiger partial charge in [0.2, 0.25) is 0 Å². The standard InChI is InChI=1S/C10H18O/c1-4-5-6-10(8-11)7-9(2)3/h4,8-10H,1,5-7H2,2-3H3. The van der Waals surface area contributed by atoms with Crippen LogP contribution in [-0.4, -0.2) is 6.29 Å². The predicted octanol–water partition coefficient (Wildman–Crippen LogP) is 2.81. The molecule has 0 saturated heterocycles. The number of aldehydes is 1. The molecular formula is C10H18O. The maximum absolute atomic E-state index is 10.5. The van der Waals surface area contributed by atoms with Crippen molar-refractivity contribution < 1.29 is 4.79 Å². The molecule has 1 atom stereocenters. The van der Waals surface area contributed by atoms with E-state index in [-0.39, 0.29) is 5.92 Å². The van der Waals surface area contributed by atoms with Gasteiger partial charge in [-0.15, -0.1) is 6.58 Å². The van der Waals surface area contributed by atoms with Gasteiger partial charge in [-0.05, 0) is 25.2 Å². The van der Waals surface area contributed by atoms with Crippen molar-refractivity contribution >= 4 is 6.29 Å². The first-order chi connectivity index (χ1) is 5.20. The molecule has 0 fully saturated rings. The first kappa shape index (κ1) is 10.4. The Morgan fingerprint density at radius 3 is 2.45 bits per heavy atom. The lowest BCUT2D eigenvalue weighted by molar-refractivity contribution is -0.111. The van der Waals surface area contributed by atoms with E-state index in [2.05, 4.69) is 20.4 Å². The Hall–Kier alpha value is -0.590. The Kier molecular flexibility index (Phi) is 5.81. The second-order valence-corrected chi connectivity index (χ2v) is 3.39. The van der Waals surface area contributed by atoms with Crippen molar-refractivity contribution in [2.45, 2.75) is 33.1 Å². The molecule has 0 aliphatic rings. The monoisotopic (exact) mass is 154 g/mol. The summed E-state index contributed by atoms with van der Waals surface area (Å²) in [6.45, 7) is 7.92. The maximum Gasteiger partial charge on any atom is 0.123 e. The quantitative estimate of drug-likeness (QED) is 0.424. The van der Waals surface area contributed by atoms with Gasteiger partial charge in [0.25, 0.3) is 0 Å². The van der Waals surface area contributed by atoms with Gasteiger partial charge in [-0.1, -0.05) is 19.9 Å². The van der Waals surface area contributed by atoms with Crippen LogP contribution in [0.2, 0.25) is 0 Å². The van der Waals surface area contributed by atoms with E-state index in [1.807, 2.05) is 6.08 Å². The third kappa shape index (κ3) is 5.84. The zero-order valence-corrected chi connectivity index (χ0v) is 7.55. The molecule has 0 aliphatic carbocycles. The second-order valence-electron chi connectivity index (χ2n) is 3.39. The molecule has 0 aromatic rings. The number of hydrogen-bond acceptors (Lipinski definition) is 1. The fourth-order valence-electron chi connectivity index (χ4n) is 1.18. The van der Waals surface area contributed by atoms with Gasteiger partial charge in [-0.25, -0.2) is 0 Å². The zero-order chi connectivity index (χ0) is 8.69. The molecule has 64 valence electrons. The molecule has 0 aliphatic heterocycles. The van der Waals surface area contributed by atoms with E-state index in [0.717, 1.165) is 25.5 Å². The summed E-state index contributed by atoms with van der Waals surface area (Å²) in [5.41, 5.74) is 0. The average molecular weight is 154 g/mol. The van der Waals surface area contributed by atoms with Crippen molar-refractivity contribution in [1.82, 2.24) is 0 Å². The summed E-state index contributed by atoms with van der Waals surface area (Å²) in [6, 6.07) is 0. The Labute approximate surface area is 69.5 Å². The molecule has 0 heterocycles. The minimum absolute atomic E-state index is 0.244. The third-order valence-corrected chi connectivity index (χ3v) is 1.71. The summed E-state index contributed by atoms with van der Waals surface area (Å²) >= 11 is 0. The molecular weight excluding hydrogens is 136 g/mol. The van der Waals surface area contributed by atoms with Gasteiger partial charge < -0.3 is 4.79 Å². The topological polar surface area (TPSA) is 17.1 Å². The van der Waals surface area contributed by atoms with Crippen molar-refractivity contribution in [3.8, 4) is 0 Å². The van der Waals surface area contributed by atoms with E-state index in [9.17, 15) is 4.79 Å². The van der Waals surface area contributed by atoms with Crippen molar-refractivity contribution in [2.24, 2.45) is 11.8 Å². The first-order valence-corrected chi connectivity index (χ1v) is 4.26. The first-order valence-electron chi connectivity index (χ1n) is 4.26. The number of rotatable bonds is 6. The van der Waals surface area contributed by atoms with Crippen LogP contribution in [0.15, 0.2) is 12.7 Å². The van der Waals surface area contributed by atoms with Gasteiger partial charge in [0.1, 0.15) is 6.29 Å². The molecule has 11 heavy (non-hydrogen) atoms. The summed E-state index contributed by atoms with van der Waals surface area (Å²) in [5, 5.41) is 0. The number of hydrogen-bond donors (Lipinski definition) is 0. The van der Waals surface area contributed by atoms with Crippen molar-refractivity contribution in [3.05, 3.63) is 12.7 Å². The summed E-state index contributed by atoms with van der Waals surface area (Å²) in [4.78, 5) is 10.5. The van der Waals surface area contributed by atoms with Gasteiger partial charge in [0, 0.05) is 5.92 Å². The van der Waals surface area contributed by atoms with Crippen LogP contribution in [0.4, 0.5) is 0 Å². The third-order valence-electron chi connectivity index (χ3n) is 1.71. The van der Waals surface area contributed by atoms with Crippen LogP contribution in [0.3, 0.4) is 0 Å². The summed E-state index contributed by atoms with van der Waals surface area (Å²) in [7, 11) is 0. The Morgan fingerprint density at radius 1 is 1.45 bits per heavy atom. The van der Waals surface area contributed by atoms with Crippen LogP contribution >= 0.6 is 0 Å². The van der Waals surface area contributed by atoms with Crippen molar-refractivity contribution in [2.75, 3.05) is 0 Å². The summed E-state index contributed by atoms with van der Waals surface area (Å²) in [6.07, 6.45) is 5.87. The van der Waals surface area contributed by atoms with E-state index in [4.69, 9.17) is 0 Å². The van der Waals surface area contributed by atoms with Crippen LogP contribution in [0.5, 0.6) is 0 Å². The minimum atomic E-state index is 0.244. The van der Waals surface area contributed by atoms with Gasteiger partial charge in [-0.2, -0.15) is 0 Å². The van der Waals surface area contributed by atoms with Gasteiger partial charge in [-0.3, -0.25) is 0 Å².